The second kappa shape index (κ2) is 11.1. The van der Waals surface area contributed by atoms with Crippen molar-refractivity contribution in [3.8, 4) is 0 Å². The molecule has 3 amide bonds. The number of aliphatic carboxylic acids is 1. The van der Waals surface area contributed by atoms with Gasteiger partial charge in [0.15, 0.2) is 0 Å². The topological polar surface area (TPSA) is 116 Å². The lowest BCUT2D eigenvalue weighted by Crippen LogP contribution is -2.52. The molecule has 0 saturated heterocycles. The number of hydrogen-bond donors (Lipinski definition) is 3. The summed E-state index contributed by atoms with van der Waals surface area (Å²) < 4.78 is 0. The lowest BCUT2D eigenvalue weighted by molar-refractivity contribution is -0.140. The molecular formula is C26H31N3O5. The van der Waals surface area contributed by atoms with E-state index >= 15 is 0 Å². The van der Waals surface area contributed by atoms with Gasteiger partial charge in [0.05, 0.1) is 17.2 Å². The van der Waals surface area contributed by atoms with Crippen LogP contribution in [0.4, 0.5) is 0 Å². The fraction of sp³-hybridized carbons (Fsp3) is 0.385. The fourth-order valence-electron chi connectivity index (χ4n) is 4.02. The van der Waals surface area contributed by atoms with Gasteiger partial charge >= 0.3 is 5.97 Å². The van der Waals surface area contributed by atoms with Gasteiger partial charge in [-0.25, -0.2) is 0 Å². The number of nitrogens with one attached hydrogen (secondary N) is 2. The summed E-state index contributed by atoms with van der Waals surface area (Å²) in [7, 11) is 0. The zero-order chi connectivity index (χ0) is 24.8. The molecule has 0 unspecified atom stereocenters. The third-order valence-corrected chi connectivity index (χ3v) is 5.80. The van der Waals surface area contributed by atoms with Crippen molar-refractivity contribution in [2.45, 2.75) is 52.2 Å². The van der Waals surface area contributed by atoms with Crippen LogP contribution in [0.5, 0.6) is 0 Å². The van der Waals surface area contributed by atoms with Crippen molar-refractivity contribution >= 4 is 23.7 Å². The molecule has 2 aromatic carbocycles. The monoisotopic (exact) mass is 465 g/mol. The Kier molecular flexibility index (Phi) is 8.17. The Morgan fingerprint density at radius 2 is 1.65 bits per heavy atom. The van der Waals surface area contributed by atoms with E-state index in [0.29, 0.717) is 24.1 Å². The Bertz CT molecular complexity index is 1070. The molecule has 3 rings (SSSR count). The van der Waals surface area contributed by atoms with E-state index in [2.05, 4.69) is 10.6 Å². The average molecular weight is 466 g/mol. The Morgan fingerprint density at radius 3 is 2.29 bits per heavy atom. The molecule has 1 aliphatic heterocycles. The van der Waals surface area contributed by atoms with Gasteiger partial charge in [-0.1, -0.05) is 55.8 Å². The Labute approximate surface area is 199 Å². The molecule has 0 aliphatic carbocycles. The van der Waals surface area contributed by atoms with Crippen molar-refractivity contribution < 1.29 is 24.3 Å². The first kappa shape index (κ1) is 25.1. The highest BCUT2D eigenvalue weighted by Gasteiger charge is 2.36. The Morgan fingerprint density at radius 1 is 0.971 bits per heavy atom. The van der Waals surface area contributed by atoms with E-state index in [-0.39, 0.29) is 24.8 Å². The first-order chi connectivity index (χ1) is 16.2. The number of aryl methyl sites for hydroxylation is 1. The maximum atomic E-state index is 12.9. The van der Waals surface area contributed by atoms with E-state index in [1.807, 2.05) is 51.1 Å². The highest BCUT2D eigenvalue weighted by Crippen LogP contribution is 2.24. The number of hydrogen-bond acceptors (Lipinski definition) is 5. The van der Waals surface area contributed by atoms with Crippen molar-refractivity contribution in [3.63, 3.8) is 0 Å². The fourth-order valence-corrected chi connectivity index (χ4v) is 4.02. The lowest BCUT2D eigenvalue weighted by Gasteiger charge is -2.25. The molecule has 180 valence electrons. The summed E-state index contributed by atoms with van der Waals surface area (Å²) >= 11 is 0. The minimum absolute atomic E-state index is 0.0135. The third-order valence-electron chi connectivity index (χ3n) is 5.80. The normalized spacial score (nSPS) is 14.8. The zero-order valence-corrected chi connectivity index (χ0v) is 19.7. The van der Waals surface area contributed by atoms with Crippen molar-refractivity contribution in [3.05, 3.63) is 70.8 Å². The predicted molar refractivity (Wildman–Crippen MR) is 127 cm³/mol. The molecule has 0 spiro atoms. The molecule has 2 atom stereocenters. The van der Waals surface area contributed by atoms with Gasteiger partial charge in [-0.15, -0.1) is 0 Å². The summed E-state index contributed by atoms with van der Waals surface area (Å²) in [4.78, 5) is 51.3. The number of carbonyl (C=O) groups is 4. The Balaban J connectivity index is 1.65. The van der Waals surface area contributed by atoms with Gasteiger partial charge in [-0.05, 0) is 43.4 Å². The van der Waals surface area contributed by atoms with E-state index in [1.165, 1.54) is 0 Å². The van der Waals surface area contributed by atoms with Crippen LogP contribution in [0.25, 0.3) is 0 Å². The molecule has 0 radical (unpaired) electrons. The summed E-state index contributed by atoms with van der Waals surface area (Å²) in [6.07, 6.45) is 0.428. The van der Waals surface area contributed by atoms with E-state index in [0.717, 1.165) is 16.0 Å². The summed E-state index contributed by atoms with van der Waals surface area (Å²) in [5, 5.41) is 15.6. The van der Waals surface area contributed by atoms with Gasteiger partial charge < -0.3 is 10.4 Å². The maximum Gasteiger partial charge on any atom is 0.320 e. The number of benzene rings is 2. The standard InChI is InChI=1S/C26H31N3O5/c1-16(2)13-22(23(30)27-15-18-7-5-4-6-8-18)28-21(26(33)34)11-12-29-24(31)19-10-9-17(3)14-20(19)25(29)32/h4-10,14,16,21-22,28H,11-13,15H2,1-3H3,(H,27,30)(H,33,34)/t21-,22+/m1/s1. The third kappa shape index (κ3) is 6.08. The van der Waals surface area contributed by atoms with Crippen LogP contribution in [-0.2, 0) is 16.1 Å². The molecular weight excluding hydrogens is 434 g/mol. The average Bonchev–Trinajstić information content (AvgIpc) is 3.03. The molecule has 0 bridgehead atoms. The summed E-state index contributed by atoms with van der Waals surface area (Å²) in [5.74, 6) is -2.14. The molecule has 1 aliphatic rings. The second-order valence-corrected chi connectivity index (χ2v) is 9.04. The number of carboxylic acid groups (broad SMARTS) is 1. The number of imide groups is 1. The molecule has 8 heteroatoms. The van der Waals surface area contributed by atoms with Gasteiger partial charge in [0.25, 0.3) is 11.8 Å². The second-order valence-electron chi connectivity index (χ2n) is 9.04. The van der Waals surface area contributed by atoms with Crippen LogP contribution >= 0.6 is 0 Å². The first-order valence-corrected chi connectivity index (χ1v) is 11.4. The summed E-state index contributed by atoms with van der Waals surface area (Å²) in [6, 6.07) is 12.7. The summed E-state index contributed by atoms with van der Waals surface area (Å²) in [5.41, 5.74) is 2.47. The van der Waals surface area contributed by atoms with Crippen LogP contribution in [0, 0.1) is 12.8 Å². The Hall–Kier alpha value is -3.52. The predicted octanol–water partition coefficient (Wildman–Crippen LogP) is 2.76. The van der Waals surface area contributed by atoms with Crippen molar-refractivity contribution in [2.24, 2.45) is 5.92 Å². The number of carboxylic acids is 1. The van der Waals surface area contributed by atoms with Crippen LogP contribution in [0.1, 0.15) is 58.5 Å². The largest absolute Gasteiger partial charge is 0.480 e. The van der Waals surface area contributed by atoms with Crippen LogP contribution in [0.3, 0.4) is 0 Å². The SMILES string of the molecule is Cc1ccc2c(c1)C(=O)N(CC[C@@H](N[C@@H](CC(C)C)C(=O)NCc1ccccc1)C(=O)O)C2=O. The number of carbonyl (C=O) groups excluding carboxylic acids is 3. The molecule has 0 aromatic heterocycles. The molecule has 0 saturated carbocycles. The molecule has 0 fully saturated rings. The molecule has 2 aromatic rings. The van der Waals surface area contributed by atoms with Crippen LogP contribution < -0.4 is 10.6 Å². The summed E-state index contributed by atoms with van der Waals surface area (Å²) in [6.45, 7) is 6.02. The van der Waals surface area contributed by atoms with E-state index in [4.69, 9.17) is 0 Å². The van der Waals surface area contributed by atoms with E-state index < -0.39 is 29.9 Å². The van der Waals surface area contributed by atoms with Crippen molar-refractivity contribution in [1.29, 1.82) is 0 Å². The lowest BCUT2D eigenvalue weighted by atomic mass is 10.0. The molecule has 8 nitrogen and oxygen atoms in total. The number of nitrogens with zero attached hydrogens (tertiary/aromatic N) is 1. The first-order valence-electron chi connectivity index (χ1n) is 11.4. The van der Waals surface area contributed by atoms with Crippen LogP contribution in [0.2, 0.25) is 0 Å². The number of fused-ring (bicyclic) bond motifs is 1. The quantitative estimate of drug-likeness (QED) is 0.440. The van der Waals surface area contributed by atoms with E-state index in [9.17, 15) is 24.3 Å². The zero-order valence-electron chi connectivity index (χ0n) is 19.7. The number of amides is 3. The van der Waals surface area contributed by atoms with Crippen molar-refractivity contribution in [1.82, 2.24) is 15.5 Å². The molecule has 3 N–H and O–H groups in total. The van der Waals surface area contributed by atoms with Crippen molar-refractivity contribution in [2.75, 3.05) is 6.54 Å². The van der Waals surface area contributed by atoms with Gasteiger partial charge in [0.2, 0.25) is 5.91 Å². The van der Waals surface area contributed by atoms with E-state index in [1.54, 1.807) is 18.2 Å². The van der Waals surface area contributed by atoms with Gasteiger partial charge in [-0.2, -0.15) is 0 Å². The van der Waals surface area contributed by atoms with Gasteiger partial charge in [0.1, 0.15) is 6.04 Å². The highest BCUT2D eigenvalue weighted by molar-refractivity contribution is 6.21. The minimum Gasteiger partial charge on any atom is -0.480 e. The molecule has 1 heterocycles. The van der Waals surface area contributed by atoms with Crippen LogP contribution in [-0.4, -0.2) is 52.3 Å². The number of rotatable bonds is 11. The maximum absolute atomic E-state index is 12.9. The highest BCUT2D eigenvalue weighted by atomic mass is 16.4. The molecule has 34 heavy (non-hydrogen) atoms. The van der Waals surface area contributed by atoms with Gasteiger partial charge in [-0.3, -0.25) is 29.4 Å². The minimum atomic E-state index is -1.14. The smallest absolute Gasteiger partial charge is 0.320 e. The van der Waals surface area contributed by atoms with Gasteiger partial charge in [0, 0.05) is 13.1 Å². The van der Waals surface area contributed by atoms with Crippen LogP contribution in [0.15, 0.2) is 48.5 Å².